The van der Waals surface area contributed by atoms with Crippen LogP contribution in [0.5, 0.6) is 0 Å². The van der Waals surface area contributed by atoms with Crippen LogP contribution in [0, 0.1) is 0 Å². The number of hydrogen-bond donors (Lipinski definition) is 1. The second-order valence-electron chi connectivity index (χ2n) is 6.19. The summed E-state index contributed by atoms with van der Waals surface area (Å²) < 4.78 is 26.7. The fraction of sp³-hybridized carbons (Fsp3) is 0.471. The average molecular weight is 335 g/mol. The van der Waals surface area contributed by atoms with Crippen molar-refractivity contribution in [3.8, 4) is 0 Å². The predicted octanol–water partition coefficient (Wildman–Crippen LogP) is 2.63. The van der Waals surface area contributed by atoms with Gasteiger partial charge in [-0.15, -0.1) is 0 Å². The van der Waals surface area contributed by atoms with E-state index in [0.29, 0.717) is 31.6 Å². The molecule has 0 unspecified atom stereocenters. The molecular formula is C17H19F2N3O2. The molecule has 1 aromatic heterocycles. The van der Waals surface area contributed by atoms with Crippen LogP contribution in [0.2, 0.25) is 0 Å². The zero-order valence-electron chi connectivity index (χ0n) is 13.2. The van der Waals surface area contributed by atoms with Gasteiger partial charge in [-0.25, -0.2) is 13.8 Å². The lowest BCUT2D eigenvalue weighted by Gasteiger charge is -2.18. The normalized spacial score (nSPS) is 20.4. The molecule has 3 rings (SSSR count). The molecule has 1 fully saturated rings. The van der Waals surface area contributed by atoms with Crippen molar-refractivity contribution in [3.05, 3.63) is 29.5 Å². The average Bonchev–Trinajstić information content (AvgIpc) is 2.73. The molecule has 3 heterocycles. The van der Waals surface area contributed by atoms with Crippen molar-refractivity contribution < 1.29 is 18.4 Å². The molecule has 7 heteroatoms. The van der Waals surface area contributed by atoms with Crippen molar-refractivity contribution in [2.24, 2.45) is 0 Å². The summed E-state index contributed by atoms with van der Waals surface area (Å²) in [6, 6.07) is 1.88. The number of amides is 2. The van der Waals surface area contributed by atoms with Crippen molar-refractivity contribution in [2.75, 3.05) is 18.4 Å². The molecule has 0 bridgehead atoms. The lowest BCUT2D eigenvalue weighted by molar-refractivity contribution is -0.126. The number of halogens is 2. The first-order valence-electron chi connectivity index (χ1n) is 8.07. The fourth-order valence-corrected chi connectivity index (χ4v) is 2.92. The van der Waals surface area contributed by atoms with E-state index >= 15 is 0 Å². The van der Waals surface area contributed by atoms with E-state index in [2.05, 4.69) is 10.3 Å². The van der Waals surface area contributed by atoms with Gasteiger partial charge >= 0.3 is 0 Å². The Labute approximate surface area is 138 Å². The first-order valence-corrected chi connectivity index (χ1v) is 8.07. The van der Waals surface area contributed by atoms with E-state index in [0.717, 1.165) is 11.1 Å². The smallest absolute Gasteiger partial charge is 0.249 e. The maximum absolute atomic E-state index is 13.3. The van der Waals surface area contributed by atoms with Crippen molar-refractivity contribution in [1.29, 1.82) is 0 Å². The number of likely N-dealkylation sites (tertiary alicyclic amines) is 1. The molecule has 0 saturated carbocycles. The number of aryl methyl sites for hydroxylation is 1. The molecule has 1 saturated heterocycles. The predicted molar refractivity (Wildman–Crippen MR) is 85.6 cm³/mol. The Hall–Kier alpha value is -2.31. The Balaban J connectivity index is 1.65. The number of fused-ring (bicyclic) bond motifs is 1. The topological polar surface area (TPSA) is 62.3 Å². The minimum atomic E-state index is -2.68. The summed E-state index contributed by atoms with van der Waals surface area (Å²) in [4.78, 5) is 29.1. The molecule has 0 aromatic carbocycles. The molecule has 0 atom stereocenters. The van der Waals surface area contributed by atoms with E-state index in [4.69, 9.17) is 0 Å². The van der Waals surface area contributed by atoms with Gasteiger partial charge in [-0.2, -0.15) is 0 Å². The van der Waals surface area contributed by atoms with E-state index in [-0.39, 0.29) is 31.2 Å². The highest BCUT2D eigenvalue weighted by atomic mass is 19.3. The fourth-order valence-electron chi connectivity index (χ4n) is 2.92. The van der Waals surface area contributed by atoms with Crippen LogP contribution in [-0.2, 0) is 16.0 Å². The third-order valence-electron chi connectivity index (χ3n) is 4.32. The van der Waals surface area contributed by atoms with Crippen LogP contribution in [0.25, 0.3) is 6.08 Å². The molecule has 1 N–H and O–H groups in total. The minimum Gasteiger partial charge on any atom is -0.339 e. The number of carbonyl (C=O) groups is 2. The van der Waals surface area contributed by atoms with Gasteiger partial charge in [0.25, 0.3) is 0 Å². The van der Waals surface area contributed by atoms with Crippen LogP contribution in [0.4, 0.5) is 14.6 Å². The number of rotatable bonds is 2. The highest BCUT2D eigenvalue weighted by molar-refractivity contribution is 5.93. The molecular weight excluding hydrogens is 316 g/mol. The van der Waals surface area contributed by atoms with Crippen molar-refractivity contribution in [1.82, 2.24) is 9.88 Å². The van der Waals surface area contributed by atoms with Gasteiger partial charge in [0, 0.05) is 44.6 Å². The summed E-state index contributed by atoms with van der Waals surface area (Å²) in [7, 11) is 0. The van der Waals surface area contributed by atoms with Crippen LogP contribution < -0.4 is 5.32 Å². The molecule has 0 aliphatic carbocycles. The summed E-state index contributed by atoms with van der Waals surface area (Å²) in [5.41, 5.74) is 1.68. The van der Waals surface area contributed by atoms with E-state index < -0.39 is 5.92 Å². The zero-order valence-corrected chi connectivity index (χ0v) is 13.2. The Bertz CT molecular complexity index is 688. The molecule has 2 aliphatic heterocycles. The first kappa shape index (κ1) is 16.5. The monoisotopic (exact) mass is 335 g/mol. The molecule has 1 aromatic rings. The summed E-state index contributed by atoms with van der Waals surface area (Å²) in [6.07, 6.45) is 5.50. The lowest BCUT2D eigenvalue weighted by Crippen LogP contribution is -2.31. The van der Waals surface area contributed by atoms with E-state index in [9.17, 15) is 18.4 Å². The number of nitrogens with one attached hydrogen (secondary N) is 1. The Morgan fingerprint density at radius 3 is 2.96 bits per heavy atom. The number of pyridine rings is 1. The minimum absolute atomic E-state index is 0.0496. The van der Waals surface area contributed by atoms with Gasteiger partial charge in [-0.3, -0.25) is 9.59 Å². The summed E-state index contributed by atoms with van der Waals surface area (Å²) in [5, 5.41) is 2.70. The van der Waals surface area contributed by atoms with Gasteiger partial charge in [-0.1, -0.05) is 0 Å². The van der Waals surface area contributed by atoms with Crippen LogP contribution >= 0.6 is 0 Å². The maximum atomic E-state index is 13.3. The SMILES string of the molecule is O=C1CCc2cc(/C=C/C(=O)N3CCCC(F)(F)CC3)cnc2N1. The second kappa shape index (κ2) is 6.67. The van der Waals surface area contributed by atoms with Gasteiger partial charge in [0.1, 0.15) is 5.82 Å². The quantitative estimate of drug-likeness (QED) is 0.845. The van der Waals surface area contributed by atoms with Crippen LogP contribution in [0.15, 0.2) is 18.3 Å². The maximum Gasteiger partial charge on any atom is 0.249 e. The van der Waals surface area contributed by atoms with E-state index in [1.165, 1.54) is 11.0 Å². The van der Waals surface area contributed by atoms with Gasteiger partial charge < -0.3 is 10.2 Å². The Kier molecular flexibility index (Phi) is 4.59. The third-order valence-corrected chi connectivity index (χ3v) is 4.32. The molecule has 2 aliphatic rings. The number of nitrogens with zero attached hydrogens (tertiary/aromatic N) is 2. The van der Waals surface area contributed by atoms with Gasteiger partial charge in [-0.05, 0) is 36.1 Å². The highest BCUT2D eigenvalue weighted by Gasteiger charge is 2.32. The lowest BCUT2D eigenvalue weighted by atomic mass is 10.0. The second-order valence-corrected chi connectivity index (χ2v) is 6.19. The summed E-state index contributed by atoms with van der Waals surface area (Å²) in [5.74, 6) is -2.43. The van der Waals surface area contributed by atoms with Crippen LogP contribution in [0.3, 0.4) is 0 Å². The first-order chi connectivity index (χ1) is 11.4. The third kappa shape index (κ3) is 3.96. The summed E-state index contributed by atoms with van der Waals surface area (Å²) >= 11 is 0. The number of anilines is 1. The van der Waals surface area contributed by atoms with Crippen molar-refractivity contribution >= 4 is 23.7 Å². The Morgan fingerprint density at radius 2 is 2.12 bits per heavy atom. The van der Waals surface area contributed by atoms with E-state index in [1.54, 1.807) is 12.3 Å². The molecule has 24 heavy (non-hydrogen) atoms. The summed E-state index contributed by atoms with van der Waals surface area (Å²) in [6.45, 7) is 0.428. The molecule has 2 amide bonds. The molecule has 128 valence electrons. The van der Waals surface area contributed by atoms with Crippen molar-refractivity contribution in [2.45, 2.75) is 38.0 Å². The molecule has 0 spiro atoms. The largest absolute Gasteiger partial charge is 0.339 e. The molecule has 5 nitrogen and oxygen atoms in total. The number of hydrogen-bond acceptors (Lipinski definition) is 3. The van der Waals surface area contributed by atoms with Gasteiger partial charge in [0.05, 0.1) is 0 Å². The van der Waals surface area contributed by atoms with Crippen LogP contribution in [0.1, 0.15) is 36.8 Å². The number of alkyl halides is 2. The van der Waals surface area contributed by atoms with Crippen molar-refractivity contribution in [3.63, 3.8) is 0 Å². The Morgan fingerprint density at radius 1 is 1.29 bits per heavy atom. The van der Waals surface area contributed by atoms with Crippen LogP contribution in [-0.4, -0.2) is 40.7 Å². The highest BCUT2D eigenvalue weighted by Crippen LogP contribution is 2.28. The standard InChI is InChI=1S/C17H19F2N3O2/c18-17(19)6-1-8-22(9-7-17)15(24)5-2-12-10-13-3-4-14(23)21-16(13)20-11-12/h2,5,10-11H,1,3-4,6-9H2,(H,20,21,23)/b5-2+. The number of carbonyl (C=O) groups excluding carboxylic acids is 2. The number of aromatic nitrogens is 1. The molecule has 0 radical (unpaired) electrons. The van der Waals surface area contributed by atoms with Gasteiger partial charge in [0.2, 0.25) is 17.7 Å². The van der Waals surface area contributed by atoms with Gasteiger partial charge in [0.15, 0.2) is 0 Å². The van der Waals surface area contributed by atoms with E-state index in [1.807, 2.05) is 6.07 Å². The zero-order chi connectivity index (χ0) is 17.2.